The molecule has 0 bridgehead atoms. The van der Waals surface area contributed by atoms with Crippen molar-refractivity contribution >= 4 is 0 Å². The number of halogens is 1. The summed E-state index contributed by atoms with van der Waals surface area (Å²) < 4.78 is 12.7. The van der Waals surface area contributed by atoms with Gasteiger partial charge in [0.15, 0.2) is 0 Å². The highest BCUT2D eigenvalue weighted by atomic mass is 19.1. The van der Waals surface area contributed by atoms with Gasteiger partial charge >= 0.3 is 0 Å². The SMILES string of the molecule is C#CCCC(O)(CC)c1ccc(F)cn1. The molecule has 0 aliphatic heterocycles. The molecule has 1 rings (SSSR count). The summed E-state index contributed by atoms with van der Waals surface area (Å²) in [4.78, 5) is 3.88. The summed E-state index contributed by atoms with van der Waals surface area (Å²) in [5.74, 6) is 2.07. The Morgan fingerprint density at radius 2 is 2.33 bits per heavy atom. The maximum atomic E-state index is 12.7. The van der Waals surface area contributed by atoms with Crippen LogP contribution in [0.25, 0.3) is 0 Å². The number of terminal acetylenes is 1. The van der Waals surface area contributed by atoms with E-state index in [1.807, 2.05) is 6.92 Å². The van der Waals surface area contributed by atoms with Crippen LogP contribution in [-0.4, -0.2) is 10.1 Å². The van der Waals surface area contributed by atoms with E-state index >= 15 is 0 Å². The number of pyridine rings is 1. The fourth-order valence-corrected chi connectivity index (χ4v) is 1.42. The molecule has 1 heterocycles. The first-order chi connectivity index (χ1) is 7.12. The van der Waals surface area contributed by atoms with Gasteiger partial charge in [-0.15, -0.1) is 12.3 Å². The van der Waals surface area contributed by atoms with Gasteiger partial charge in [-0.25, -0.2) is 4.39 Å². The molecule has 2 nitrogen and oxygen atoms in total. The molecule has 1 atom stereocenters. The quantitative estimate of drug-likeness (QED) is 0.768. The van der Waals surface area contributed by atoms with Crippen LogP contribution in [0, 0.1) is 18.2 Å². The van der Waals surface area contributed by atoms with E-state index in [2.05, 4.69) is 10.9 Å². The van der Waals surface area contributed by atoms with Crippen LogP contribution in [0.4, 0.5) is 4.39 Å². The molecule has 1 aromatic rings. The van der Waals surface area contributed by atoms with E-state index in [1.54, 1.807) is 0 Å². The molecule has 1 N–H and O–H groups in total. The fourth-order valence-electron chi connectivity index (χ4n) is 1.42. The van der Waals surface area contributed by atoms with Crippen molar-refractivity contribution < 1.29 is 9.50 Å². The lowest BCUT2D eigenvalue weighted by Gasteiger charge is -2.25. The maximum Gasteiger partial charge on any atom is 0.141 e. The number of rotatable bonds is 4. The standard InChI is InChI=1S/C12H14FNO/c1-3-5-8-12(15,4-2)11-7-6-10(13)9-14-11/h1,6-7,9,15H,4-5,8H2,2H3. The maximum absolute atomic E-state index is 12.7. The van der Waals surface area contributed by atoms with E-state index in [9.17, 15) is 9.50 Å². The van der Waals surface area contributed by atoms with Gasteiger partial charge in [0.25, 0.3) is 0 Å². The molecular weight excluding hydrogens is 193 g/mol. The van der Waals surface area contributed by atoms with Crippen LogP contribution in [-0.2, 0) is 5.60 Å². The highest BCUT2D eigenvalue weighted by Crippen LogP contribution is 2.28. The summed E-state index contributed by atoms with van der Waals surface area (Å²) in [6.07, 6.45) is 7.68. The summed E-state index contributed by atoms with van der Waals surface area (Å²) in [5, 5.41) is 10.2. The highest BCUT2D eigenvalue weighted by molar-refractivity contribution is 5.14. The number of hydrogen-bond acceptors (Lipinski definition) is 2. The molecule has 0 saturated carbocycles. The molecule has 0 aliphatic carbocycles. The van der Waals surface area contributed by atoms with Crippen LogP contribution in [0.2, 0.25) is 0 Å². The van der Waals surface area contributed by atoms with E-state index < -0.39 is 11.4 Å². The first-order valence-corrected chi connectivity index (χ1v) is 4.90. The summed E-state index contributed by atoms with van der Waals surface area (Å²) >= 11 is 0. The molecule has 0 amide bonds. The second kappa shape index (κ2) is 4.90. The second-order valence-electron chi connectivity index (χ2n) is 3.45. The zero-order chi connectivity index (χ0) is 11.3. The molecule has 0 aliphatic rings. The van der Waals surface area contributed by atoms with Crippen LogP contribution >= 0.6 is 0 Å². The van der Waals surface area contributed by atoms with Crippen molar-refractivity contribution in [3.05, 3.63) is 29.8 Å². The Bertz CT molecular complexity index is 355. The smallest absolute Gasteiger partial charge is 0.141 e. The fraction of sp³-hybridized carbons (Fsp3) is 0.417. The average molecular weight is 207 g/mol. The molecule has 0 saturated heterocycles. The van der Waals surface area contributed by atoms with Crippen LogP contribution < -0.4 is 0 Å². The van der Waals surface area contributed by atoms with Gasteiger partial charge in [0.2, 0.25) is 0 Å². The summed E-state index contributed by atoms with van der Waals surface area (Å²) in [7, 11) is 0. The van der Waals surface area contributed by atoms with Gasteiger partial charge in [-0.05, 0) is 25.0 Å². The Labute approximate surface area is 89.2 Å². The molecule has 0 fully saturated rings. The molecule has 1 unspecified atom stereocenters. The predicted molar refractivity (Wildman–Crippen MR) is 56.4 cm³/mol. The van der Waals surface area contributed by atoms with Crippen LogP contribution in [0.5, 0.6) is 0 Å². The highest BCUT2D eigenvalue weighted by Gasteiger charge is 2.27. The van der Waals surface area contributed by atoms with Gasteiger partial charge in [0.05, 0.1) is 11.9 Å². The molecule has 15 heavy (non-hydrogen) atoms. The van der Waals surface area contributed by atoms with E-state index in [0.29, 0.717) is 25.0 Å². The van der Waals surface area contributed by atoms with Gasteiger partial charge in [0.1, 0.15) is 11.4 Å². The van der Waals surface area contributed by atoms with E-state index in [4.69, 9.17) is 6.42 Å². The molecule has 0 spiro atoms. The van der Waals surface area contributed by atoms with Crippen LogP contribution in [0.3, 0.4) is 0 Å². The monoisotopic (exact) mass is 207 g/mol. The number of nitrogens with zero attached hydrogens (tertiary/aromatic N) is 1. The number of aromatic nitrogens is 1. The summed E-state index contributed by atoms with van der Waals surface area (Å²) in [6.45, 7) is 1.85. The Morgan fingerprint density at radius 3 is 2.80 bits per heavy atom. The minimum absolute atomic E-state index is 0.408. The first kappa shape index (κ1) is 11.7. The van der Waals surface area contributed by atoms with Crippen LogP contribution in [0.1, 0.15) is 31.9 Å². The van der Waals surface area contributed by atoms with E-state index in [-0.39, 0.29) is 0 Å². The molecule has 3 heteroatoms. The van der Waals surface area contributed by atoms with E-state index in [0.717, 1.165) is 6.20 Å². The molecular formula is C12H14FNO. The lowest BCUT2D eigenvalue weighted by molar-refractivity contribution is 0.0204. The van der Waals surface area contributed by atoms with Crippen molar-refractivity contribution in [1.29, 1.82) is 0 Å². The van der Waals surface area contributed by atoms with Crippen molar-refractivity contribution in [2.45, 2.75) is 31.8 Å². The van der Waals surface area contributed by atoms with Gasteiger partial charge in [-0.3, -0.25) is 4.98 Å². The normalized spacial score (nSPS) is 14.3. The third-order valence-corrected chi connectivity index (χ3v) is 2.47. The van der Waals surface area contributed by atoms with E-state index in [1.165, 1.54) is 12.1 Å². The predicted octanol–water partition coefficient (Wildman–Crippen LogP) is 2.23. The Kier molecular flexibility index (Phi) is 3.81. The van der Waals surface area contributed by atoms with Crippen molar-refractivity contribution in [2.24, 2.45) is 0 Å². The van der Waals surface area contributed by atoms with Crippen molar-refractivity contribution in [1.82, 2.24) is 4.98 Å². The van der Waals surface area contributed by atoms with Crippen molar-refractivity contribution in [3.63, 3.8) is 0 Å². The minimum atomic E-state index is -1.04. The Morgan fingerprint density at radius 1 is 1.60 bits per heavy atom. The molecule has 0 aromatic carbocycles. The molecule has 80 valence electrons. The Hall–Kier alpha value is -1.40. The van der Waals surface area contributed by atoms with Gasteiger partial charge in [0, 0.05) is 6.42 Å². The summed E-state index contributed by atoms with van der Waals surface area (Å²) in [5.41, 5.74) is -0.568. The van der Waals surface area contributed by atoms with Crippen LogP contribution in [0.15, 0.2) is 18.3 Å². The third-order valence-electron chi connectivity index (χ3n) is 2.47. The number of hydrogen-bond donors (Lipinski definition) is 1. The summed E-state index contributed by atoms with van der Waals surface area (Å²) in [6, 6.07) is 2.79. The van der Waals surface area contributed by atoms with Gasteiger partial charge < -0.3 is 5.11 Å². The zero-order valence-electron chi connectivity index (χ0n) is 8.70. The average Bonchev–Trinajstić information content (AvgIpc) is 2.27. The van der Waals surface area contributed by atoms with Crippen molar-refractivity contribution in [2.75, 3.05) is 0 Å². The Balaban J connectivity index is 2.90. The largest absolute Gasteiger partial charge is 0.384 e. The van der Waals surface area contributed by atoms with Gasteiger partial charge in [-0.2, -0.15) is 0 Å². The van der Waals surface area contributed by atoms with Crippen molar-refractivity contribution in [3.8, 4) is 12.3 Å². The van der Waals surface area contributed by atoms with Gasteiger partial charge in [-0.1, -0.05) is 6.92 Å². The lowest BCUT2D eigenvalue weighted by Crippen LogP contribution is -2.25. The molecule has 0 radical (unpaired) electrons. The topological polar surface area (TPSA) is 33.1 Å². The lowest BCUT2D eigenvalue weighted by atomic mass is 9.90. The zero-order valence-corrected chi connectivity index (χ0v) is 8.70. The first-order valence-electron chi connectivity index (χ1n) is 4.90. The third kappa shape index (κ3) is 2.77. The molecule has 1 aromatic heterocycles. The second-order valence-corrected chi connectivity index (χ2v) is 3.45. The minimum Gasteiger partial charge on any atom is -0.384 e. The number of aliphatic hydroxyl groups is 1.